The molecule has 1 unspecified atom stereocenters. The number of aliphatic hydroxyl groups is 2. The van der Waals surface area contributed by atoms with Gasteiger partial charge in [-0.05, 0) is 55.4 Å². The zero-order valence-corrected chi connectivity index (χ0v) is 11.1. The standard InChI is InChI=1S/C15H20F2O2/c1-10-4-6-15(19,7-5-10)14(18)9-11-8-12(16)2-3-13(11)17/h2-3,8,10,14,18-19H,4-7,9H2,1H3. The molecule has 0 amide bonds. The summed E-state index contributed by atoms with van der Waals surface area (Å²) >= 11 is 0. The number of hydrogen-bond acceptors (Lipinski definition) is 2. The fourth-order valence-corrected chi connectivity index (χ4v) is 2.69. The molecule has 1 saturated carbocycles. The summed E-state index contributed by atoms with van der Waals surface area (Å²) in [5.74, 6) is -0.542. The summed E-state index contributed by atoms with van der Waals surface area (Å²) in [5.41, 5.74) is -1.06. The van der Waals surface area contributed by atoms with Crippen molar-refractivity contribution in [3.63, 3.8) is 0 Å². The summed E-state index contributed by atoms with van der Waals surface area (Å²) in [6.07, 6.45) is 1.59. The van der Waals surface area contributed by atoms with Gasteiger partial charge in [-0.2, -0.15) is 0 Å². The molecule has 0 saturated heterocycles. The third-order valence-corrected chi connectivity index (χ3v) is 4.18. The fourth-order valence-electron chi connectivity index (χ4n) is 2.69. The van der Waals surface area contributed by atoms with Crippen LogP contribution in [0.4, 0.5) is 8.78 Å². The van der Waals surface area contributed by atoms with Crippen LogP contribution in [0.15, 0.2) is 18.2 Å². The second-order valence-electron chi connectivity index (χ2n) is 5.74. The molecule has 1 aromatic rings. The molecule has 1 fully saturated rings. The van der Waals surface area contributed by atoms with Gasteiger partial charge >= 0.3 is 0 Å². The lowest BCUT2D eigenvalue weighted by atomic mass is 9.75. The van der Waals surface area contributed by atoms with Crippen LogP contribution in [-0.2, 0) is 6.42 Å². The smallest absolute Gasteiger partial charge is 0.126 e. The topological polar surface area (TPSA) is 40.5 Å². The monoisotopic (exact) mass is 270 g/mol. The van der Waals surface area contributed by atoms with Crippen molar-refractivity contribution in [3.8, 4) is 0 Å². The molecule has 19 heavy (non-hydrogen) atoms. The highest BCUT2D eigenvalue weighted by molar-refractivity contribution is 5.20. The molecule has 0 heterocycles. The first kappa shape index (κ1) is 14.4. The van der Waals surface area contributed by atoms with Gasteiger partial charge in [-0.3, -0.25) is 0 Å². The SMILES string of the molecule is CC1CCC(O)(C(O)Cc2cc(F)ccc2F)CC1. The second kappa shape index (κ2) is 5.55. The number of benzene rings is 1. The van der Waals surface area contributed by atoms with E-state index < -0.39 is 23.3 Å². The molecule has 1 aliphatic carbocycles. The first-order valence-electron chi connectivity index (χ1n) is 6.75. The van der Waals surface area contributed by atoms with Crippen molar-refractivity contribution in [2.24, 2.45) is 5.92 Å². The summed E-state index contributed by atoms with van der Waals surface area (Å²) in [7, 11) is 0. The highest BCUT2D eigenvalue weighted by Crippen LogP contribution is 2.35. The lowest BCUT2D eigenvalue weighted by Crippen LogP contribution is -2.46. The van der Waals surface area contributed by atoms with E-state index in [1.165, 1.54) is 0 Å². The minimum atomic E-state index is -1.18. The van der Waals surface area contributed by atoms with E-state index >= 15 is 0 Å². The van der Waals surface area contributed by atoms with Gasteiger partial charge in [-0.25, -0.2) is 8.78 Å². The zero-order valence-electron chi connectivity index (χ0n) is 11.1. The number of rotatable bonds is 3. The van der Waals surface area contributed by atoms with Crippen LogP contribution >= 0.6 is 0 Å². The maximum atomic E-state index is 13.5. The van der Waals surface area contributed by atoms with E-state index in [9.17, 15) is 19.0 Å². The van der Waals surface area contributed by atoms with E-state index in [1.807, 2.05) is 0 Å². The quantitative estimate of drug-likeness (QED) is 0.886. The van der Waals surface area contributed by atoms with Crippen LogP contribution < -0.4 is 0 Å². The van der Waals surface area contributed by atoms with Crippen LogP contribution in [0.2, 0.25) is 0 Å². The molecule has 2 nitrogen and oxygen atoms in total. The molecule has 0 aliphatic heterocycles. The Labute approximate surface area is 112 Å². The van der Waals surface area contributed by atoms with Gasteiger partial charge in [0.05, 0.1) is 11.7 Å². The van der Waals surface area contributed by atoms with Gasteiger partial charge in [0.1, 0.15) is 11.6 Å². The minimum absolute atomic E-state index is 0.0610. The van der Waals surface area contributed by atoms with Crippen LogP contribution in [0.25, 0.3) is 0 Å². The maximum absolute atomic E-state index is 13.5. The highest BCUT2D eigenvalue weighted by Gasteiger charge is 2.38. The third kappa shape index (κ3) is 3.31. The number of aliphatic hydroxyl groups excluding tert-OH is 1. The Hall–Kier alpha value is -1.00. The molecule has 1 atom stereocenters. The molecular weight excluding hydrogens is 250 g/mol. The van der Waals surface area contributed by atoms with E-state index in [4.69, 9.17) is 0 Å². The molecule has 0 bridgehead atoms. The van der Waals surface area contributed by atoms with Crippen molar-refractivity contribution in [2.75, 3.05) is 0 Å². The predicted octanol–water partition coefficient (Wildman–Crippen LogP) is 2.81. The molecule has 0 spiro atoms. The van der Waals surface area contributed by atoms with Gasteiger partial charge in [0.25, 0.3) is 0 Å². The lowest BCUT2D eigenvalue weighted by molar-refractivity contribution is -0.102. The minimum Gasteiger partial charge on any atom is -0.390 e. The van der Waals surface area contributed by atoms with Crippen LogP contribution in [0.1, 0.15) is 38.2 Å². The van der Waals surface area contributed by atoms with E-state index in [-0.39, 0.29) is 12.0 Å². The van der Waals surface area contributed by atoms with E-state index in [0.29, 0.717) is 18.8 Å². The fraction of sp³-hybridized carbons (Fsp3) is 0.600. The van der Waals surface area contributed by atoms with E-state index in [0.717, 1.165) is 31.0 Å². The Bertz CT molecular complexity index is 440. The van der Waals surface area contributed by atoms with Gasteiger partial charge in [-0.1, -0.05) is 6.92 Å². The normalized spacial score (nSPS) is 29.2. The molecule has 2 N–H and O–H groups in total. The van der Waals surface area contributed by atoms with Gasteiger partial charge in [0.2, 0.25) is 0 Å². The first-order chi connectivity index (χ1) is 8.90. The highest BCUT2D eigenvalue weighted by atomic mass is 19.1. The van der Waals surface area contributed by atoms with E-state index in [1.54, 1.807) is 0 Å². The predicted molar refractivity (Wildman–Crippen MR) is 68.7 cm³/mol. The van der Waals surface area contributed by atoms with Crippen molar-refractivity contribution in [1.82, 2.24) is 0 Å². The summed E-state index contributed by atoms with van der Waals surface area (Å²) in [4.78, 5) is 0. The average molecular weight is 270 g/mol. The van der Waals surface area contributed by atoms with Crippen molar-refractivity contribution in [3.05, 3.63) is 35.4 Å². The lowest BCUT2D eigenvalue weighted by Gasteiger charge is -2.38. The van der Waals surface area contributed by atoms with Gasteiger partial charge in [-0.15, -0.1) is 0 Å². The van der Waals surface area contributed by atoms with Crippen LogP contribution in [0.5, 0.6) is 0 Å². The molecule has 0 radical (unpaired) electrons. The maximum Gasteiger partial charge on any atom is 0.126 e. The van der Waals surface area contributed by atoms with Crippen LogP contribution in [-0.4, -0.2) is 21.9 Å². The molecule has 106 valence electrons. The second-order valence-corrected chi connectivity index (χ2v) is 5.74. The summed E-state index contributed by atoms with van der Waals surface area (Å²) < 4.78 is 26.6. The molecule has 2 rings (SSSR count). The Morgan fingerprint density at radius 3 is 2.58 bits per heavy atom. The average Bonchev–Trinajstić information content (AvgIpc) is 2.37. The van der Waals surface area contributed by atoms with Crippen molar-refractivity contribution >= 4 is 0 Å². The van der Waals surface area contributed by atoms with Gasteiger partial charge < -0.3 is 10.2 Å². The van der Waals surface area contributed by atoms with Crippen LogP contribution in [0, 0.1) is 17.6 Å². The summed E-state index contributed by atoms with van der Waals surface area (Å²) in [6, 6.07) is 3.17. The number of halogens is 2. The van der Waals surface area contributed by atoms with Crippen molar-refractivity contribution < 1.29 is 19.0 Å². The van der Waals surface area contributed by atoms with Crippen molar-refractivity contribution in [2.45, 2.75) is 50.7 Å². The Morgan fingerprint density at radius 1 is 1.32 bits per heavy atom. The van der Waals surface area contributed by atoms with Crippen LogP contribution in [0.3, 0.4) is 0 Å². The molecular formula is C15H20F2O2. The Balaban J connectivity index is 2.08. The first-order valence-corrected chi connectivity index (χ1v) is 6.75. The van der Waals surface area contributed by atoms with E-state index in [2.05, 4.69) is 6.92 Å². The zero-order chi connectivity index (χ0) is 14.0. The molecule has 4 heteroatoms. The van der Waals surface area contributed by atoms with Crippen molar-refractivity contribution in [1.29, 1.82) is 0 Å². The number of hydrogen-bond donors (Lipinski definition) is 2. The molecule has 0 aromatic heterocycles. The third-order valence-electron chi connectivity index (χ3n) is 4.18. The van der Waals surface area contributed by atoms with Gasteiger partial charge in [0, 0.05) is 6.42 Å². The Morgan fingerprint density at radius 2 is 1.95 bits per heavy atom. The molecule has 1 aliphatic rings. The summed E-state index contributed by atoms with van der Waals surface area (Å²) in [6.45, 7) is 2.11. The summed E-state index contributed by atoms with van der Waals surface area (Å²) in [5, 5.41) is 20.6. The molecule has 1 aromatic carbocycles. The largest absolute Gasteiger partial charge is 0.390 e. The Kier molecular flexibility index (Phi) is 4.21. The van der Waals surface area contributed by atoms with Gasteiger partial charge in [0.15, 0.2) is 0 Å².